The average Bonchev–Trinajstić information content (AvgIpc) is 3.33. The average molecular weight is 374 g/mol. The quantitative estimate of drug-likeness (QED) is 0.848. The SMILES string of the molecule is O=C(O)[C@@H]1CN(C(=O)CCN2CCCCC2)C[C@H]1c1ccc2c(c1)OCO2. The van der Waals surface area contributed by atoms with E-state index in [1.54, 1.807) is 4.90 Å². The van der Waals surface area contributed by atoms with Crippen molar-refractivity contribution in [1.29, 1.82) is 0 Å². The molecule has 3 aliphatic heterocycles. The van der Waals surface area contributed by atoms with Gasteiger partial charge in [-0.05, 0) is 43.6 Å². The summed E-state index contributed by atoms with van der Waals surface area (Å²) in [6, 6.07) is 5.55. The standard InChI is InChI=1S/C20H26N2O5/c23-19(6-9-21-7-2-1-3-8-21)22-11-15(16(12-22)20(24)25)14-4-5-17-18(10-14)27-13-26-17/h4-5,10,15-16H,1-3,6-9,11-13H2,(H,24,25)/t15-,16+/m0/s1. The number of piperidine rings is 1. The second-order valence-electron chi connectivity index (χ2n) is 7.61. The van der Waals surface area contributed by atoms with Gasteiger partial charge in [0.25, 0.3) is 0 Å². The normalized spacial score (nSPS) is 25.0. The zero-order chi connectivity index (χ0) is 18.8. The van der Waals surface area contributed by atoms with E-state index in [0.29, 0.717) is 24.5 Å². The second kappa shape index (κ2) is 7.76. The summed E-state index contributed by atoms with van der Waals surface area (Å²) in [5.41, 5.74) is 0.887. The van der Waals surface area contributed by atoms with Gasteiger partial charge in [0.1, 0.15) is 0 Å². The Morgan fingerprint density at radius 2 is 1.85 bits per heavy atom. The predicted octanol–water partition coefficient (Wildman–Crippen LogP) is 1.92. The molecule has 2 fully saturated rings. The lowest BCUT2D eigenvalue weighted by Gasteiger charge is -2.27. The van der Waals surface area contributed by atoms with Gasteiger partial charge in [-0.3, -0.25) is 9.59 Å². The first-order valence-electron chi connectivity index (χ1n) is 9.74. The van der Waals surface area contributed by atoms with Gasteiger partial charge in [0.05, 0.1) is 5.92 Å². The van der Waals surface area contributed by atoms with Crippen molar-refractivity contribution >= 4 is 11.9 Å². The highest BCUT2D eigenvalue weighted by atomic mass is 16.7. The van der Waals surface area contributed by atoms with Crippen molar-refractivity contribution in [3.8, 4) is 11.5 Å². The Morgan fingerprint density at radius 1 is 1.07 bits per heavy atom. The van der Waals surface area contributed by atoms with E-state index in [-0.39, 0.29) is 25.2 Å². The van der Waals surface area contributed by atoms with Crippen molar-refractivity contribution in [3.63, 3.8) is 0 Å². The molecule has 1 N–H and O–H groups in total. The first-order chi connectivity index (χ1) is 13.1. The highest BCUT2D eigenvalue weighted by Crippen LogP contribution is 2.39. The fourth-order valence-electron chi connectivity index (χ4n) is 4.33. The lowest BCUT2D eigenvalue weighted by molar-refractivity contribution is -0.141. The van der Waals surface area contributed by atoms with Gasteiger partial charge < -0.3 is 24.4 Å². The molecule has 0 aromatic heterocycles. The molecule has 27 heavy (non-hydrogen) atoms. The molecule has 0 bridgehead atoms. The zero-order valence-electron chi connectivity index (χ0n) is 15.4. The van der Waals surface area contributed by atoms with Gasteiger partial charge >= 0.3 is 5.97 Å². The van der Waals surface area contributed by atoms with Crippen LogP contribution < -0.4 is 9.47 Å². The van der Waals surface area contributed by atoms with E-state index in [1.165, 1.54) is 19.3 Å². The Hall–Kier alpha value is -2.28. The molecule has 3 aliphatic rings. The lowest BCUT2D eigenvalue weighted by Crippen LogP contribution is -2.36. The van der Waals surface area contributed by atoms with E-state index in [1.807, 2.05) is 18.2 Å². The maximum absolute atomic E-state index is 12.7. The first-order valence-corrected chi connectivity index (χ1v) is 9.74. The number of carboxylic acids is 1. The second-order valence-corrected chi connectivity index (χ2v) is 7.61. The molecule has 1 aromatic rings. The lowest BCUT2D eigenvalue weighted by atomic mass is 9.89. The van der Waals surface area contributed by atoms with Gasteiger partial charge in [0.15, 0.2) is 11.5 Å². The fourth-order valence-corrected chi connectivity index (χ4v) is 4.33. The van der Waals surface area contributed by atoms with Crippen molar-refractivity contribution < 1.29 is 24.2 Å². The topological polar surface area (TPSA) is 79.3 Å². The molecular weight excluding hydrogens is 348 g/mol. The van der Waals surface area contributed by atoms with Gasteiger partial charge in [-0.1, -0.05) is 12.5 Å². The summed E-state index contributed by atoms with van der Waals surface area (Å²) in [6.07, 6.45) is 4.13. The molecule has 1 aromatic carbocycles. The highest BCUT2D eigenvalue weighted by molar-refractivity contribution is 5.80. The van der Waals surface area contributed by atoms with Crippen molar-refractivity contribution in [2.45, 2.75) is 31.6 Å². The van der Waals surface area contributed by atoms with Gasteiger partial charge in [-0.2, -0.15) is 0 Å². The Balaban J connectivity index is 1.42. The van der Waals surface area contributed by atoms with Gasteiger partial charge in [0, 0.05) is 32.0 Å². The Kier molecular flexibility index (Phi) is 5.20. The number of fused-ring (bicyclic) bond motifs is 1. The van der Waals surface area contributed by atoms with Crippen molar-refractivity contribution in [2.75, 3.05) is 39.5 Å². The van der Waals surface area contributed by atoms with Crippen LogP contribution in [0, 0.1) is 5.92 Å². The smallest absolute Gasteiger partial charge is 0.308 e. The molecule has 2 saturated heterocycles. The first kappa shape index (κ1) is 18.1. The summed E-state index contributed by atoms with van der Waals surface area (Å²) in [7, 11) is 0. The molecule has 2 atom stereocenters. The number of hydrogen-bond donors (Lipinski definition) is 1. The van der Waals surface area contributed by atoms with Gasteiger partial charge in [-0.15, -0.1) is 0 Å². The highest BCUT2D eigenvalue weighted by Gasteiger charge is 2.40. The molecule has 7 nitrogen and oxygen atoms in total. The molecule has 0 aliphatic carbocycles. The number of amides is 1. The molecule has 0 unspecified atom stereocenters. The van der Waals surface area contributed by atoms with E-state index < -0.39 is 11.9 Å². The number of aliphatic carboxylic acids is 1. The van der Waals surface area contributed by atoms with Crippen LogP contribution in [0.25, 0.3) is 0 Å². The Morgan fingerprint density at radius 3 is 2.63 bits per heavy atom. The number of likely N-dealkylation sites (tertiary alicyclic amines) is 2. The molecule has 4 rings (SSSR count). The van der Waals surface area contributed by atoms with Crippen LogP contribution in [0.15, 0.2) is 18.2 Å². The molecule has 7 heteroatoms. The molecule has 1 amide bonds. The van der Waals surface area contributed by atoms with Crippen LogP contribution in [0.5, 0.6) is 11.5 Å². The molecule has 0 spiro atoms. The molecule has 146 valence electrons. The van der Waals surface area contributed by atoms with E-state index in [9.17, 15) is 14.7 Å². The maximum Gasteiger partial charge on any atom is 0.308 e. The minimum Gasteiger partial charge on any atom is -0.481 e. The largest absolute Gasteiger partial charge is 0.481 e. The Bertz CT molecular complexity index is 716. The molecular formula is C20H26N2O5. The number of benzene rings is 1. The van der Waals surface area contributed by atoms with Crippen LogP contribution >= 0.6 is 0 Å². The van der Waals surface area contributed by atoms with Crippen LogP contribution in [-0.4, -0.2) is 66.3 Å². The minimum absolute atomic E-state index is 0.0510. The number of hydrogen-bond acceptors (Lipinski definition) is 5. The maximum atomic E-state index is 12.7. The van der Waals surface area contributed by atoms with Crippen LogP contribution in [0.3, 0.4) is 0 Å². The van der Waals surface area contributed by atoms with E-state index in [0.717, 1.165) is 25.2 Å². The van der Waals surface area contributed by atoms with Gasteiger partial charge in [0.2, 0.25) is 12.7 Å². The Labute approximate surface area is 158 Å². The monoisotopic (exact) mass is 374 g/mol. The van der Waals surface area contributed by atoms with Crippen molar-refractivity contribution in [2.24, 2.45) is 5.92 Å². The van der Waals surface area contributed by atoms with Crippen molar-refractivity contribution in [1.82, 2.24) is 9.80 Å². The van der Waals surface area contributed by atoms with Crippen LogP contribution in [0.1, 0.15) is 37.2 Å². The molecule has 0 radical (unpaired) electrons. The number of carboxylic acid groups (broad SMARTS) is 1. The summed E-state index contributed by atoms with van der Waals surface area (Å²) in [5.74, 6) is -0.302. The third kappa shape index (κ3) is 3.88. The summed E-state index contributed by atoms with van der Waals surface area (Å²) in [5, 5.41) is 9.67. The number of nitrogens with zero attached hydrogens (tertiary/aromatic N) is 2. The number of rotatable bonds is 5. The van der Waals surface area contributed by atoms with E-state index in [2.05, 4.69) is 4.90 Å². The number of carbonyl (C=O) groups excluding carboxylic acids is 1. The number of ether oxygens (including phenoxy) is 2. The van der Waals surface area contributed by atoms with Crippen LogP contribution in [0.4, 0.5) is 0 Å². The summed E-state index contributed by atoms with van der Waals surface area (Å²) in [4.78, 5) is 28.5. The van der Waals surface area contributed by atoms with Gasteiger partial charge in [-0.25, -0.2) is 0 Å². The molecule has 0 saturated carbocycles. The fraction of sp³-hybridized carbons (Fsp3) is 0.600. The summed E-state index contributed by atoms with van der Waals surface area (Å²) < 4.78 is 10.8. The predicted molar refractivity (Wildman–Crippen MR) is 97.9 cm³/mol. The third-order valence-electron chi connectivity index (χ3n) is 5.91. The molecule has 3 heterocycles. The number of carbonyl (C=O) groups is 2. The van der Waals surface area contributed by atoms with Crippen LogP contribution in [-0.2, 0) is 9.59 Å². The third-order valence-corrected chi connectivity index (χ3v) is 5.91. The minimum atomic E-state index is -0.857. The van der Waals surface area contributed by atoms with Crippen LogP contribution in [0.2, 0.25) is 0 Å². The van der Waals surface area contributed by atoms with E-state index in [4.69, 9.17) is 9.47 Å². The summed E-state index contributed by atoms with van der Waals surface area (Å²) >= 11 is 0. The van der Waals surface area contributed by atoms with Crippen molar-refractivity contribution in [3.05, 3.63) is 23.8 Å². The zero-order valence-corrected chi connectivity index (χ0v) is 15.4. The summed E-state index contributed by atoms with van der Waals surface area (Å²) in [6.45, 7) is 3.78. The van der Waals surface area contributed by atoms with E-state index >= 15 is 0 Å².